The lowest BCUT2D eigenvalue weighted by molar-refractivity contribution is -0.124. The maximum absolute atomic E-state index is 11.5. The lowest BCUT2D eigenvalue weighted by Crippen LogP contribution is -2.36. The van der Waals surface area contributed by atoms with E-state index in [2.05, 4.69) is 25.3 Å². The molecule has 0 saturated carbocycles. The third-order valence-electron chi connectivity index (χ3n) is 1.80. The molecule has 0 fully saturated rings. The normalized spacial score (nSPS) is 9.71. The van der Waals surface area contributed by atoms with Gasteiger partial charge in [-0.25, -0.2) is 4.98 Å². The summed E-state index contributed by atoms with van der Waals surface area (Å²) >= 11 is 0. The van der Waals surface area contributed by atoms with Crippen LogP contribution in [0.5, 0.6) is 0 Å². The van der Waals surface area contributed by atoms with E-state index in [-0.39, 0.29) is 24.1 Å². The number of rotatable bonds is 6. The van der Waals surface area contributed by atoms with Crippen LogP contribution in [0.2, 0.25) is 0 Å². The lowest BCUT2D eigenvalue weighted by atomic mass is 10.4. The topological polar surface area (TPSA) is 93.2 Å². The molecule has 0 radical (unpaired) electrons. The van der Waals surface area contributed by atoms with Crippen molar-refractivity contribution < 1.29 is 14.3 Å². The summed E-state index contributed by atoms with van der Waals surface area (Å²) in [5.41, 5.74) is 0.246. The van der Waals surface area contributed by atoms with Crippen LogP contribution in [-0.2, 0) is 9.53 Å². The van der Waals surface area contributed by atoms with Crippen molar-refractivity contribution >= 4 is 11.8 Å². The summed E-state index contributed by atoms with van der Waals surface area (Å²) in [4.78, 5) is 30.1. The average molecular weight is 238 g/mol. The fourth-order valence-corrected chi connectivity index (χ4v) is 1.07. The van der Waals surface area contributed by atoms with E-state index < -0.39 is 0 Å². The van der Waals surface area contributed by atoms with E-state index >= 15 is 0 Å². The molecule has 0 atom stereocenters. The zero-order valence-corrected chi connectivity index (χ0v) is 9.47. The molecule has 0 aliphatic heterocycles. The second-order valence-electron chi connectivity index (χ2n) is 3.13. The lowest BCUT2D eigenvalue weighted by Gasteiger charge is -2.05. The summed E-state index contributed by atoms with van der Waals surface area (Å²) in [7, 11) is 1.44. The first kappa shape index (κ1) is 13.0. The van der Waals surface area contributed by atoms with Crippen LogP contribution in [0.3, 0.4) is 0 Å². The van der Waals surface area contributed by atoms with Crippen LogP contribution >= 0.6 is 0 Å². The van der Waals surface area contributed by atoms with Gasteiger partial charge in [-0.15, -0.1) is 0 Å². The van der Waals surface area contributed by atoms with E-state index in [1.165, 1.54) is 25.7 Å². The molecule has 1 aromatic heterocycles. The minimum atomic E-state index is -0.320. The van der Waals surface area contributed by atoms with Gasteiger partial charge in [-0.05, 0) is 0 Å². The maximum atomic E-state index is 11.5. The van der Waals surface area contributed by atoms with Crippen LogP contribution in [0.1, 0.15) is 10.5 Å². The third kappa shape index (κ3) is 5.03. The van der Waals surface area contributed by atoms with Crippen LogP contribution < -0.4 is 10.6 Å². The van der Waals surface area contributed by atoms with E-state index in [4.69, 9.17) is 0 Å². The first-order chi connectivity index (χ1) is 8.24. The molecule has 0 spiro atoms. The number of ether oxygens (including phenoxy) is 1. The van der Waals surface area contributed by atoms with E-state index in [0.717, 1.165) is 0 Å². The fraction of sp³-hybridized carbons (Fsp3) is 0.400. The van der Waals surface area contributed by atoms with Gasteiger partial charge in [0.15, 0.2) is 0 Å². The Hall–Kier alpha value is -2.02. The number of nitrogens with one attached hydrogen (secondary N) is 2. The Morgan fingerprint density at radius 1 is 1.29 bits per heavy atom. The molecule has 0 unspecified atom stereocenters. The van der Waals surface area contributed by atoms with Gasteiger partial charge < -0.3 is 15.4 Å². The Bertz CT molecular complexity index is 369. The van der Waals surface area contributed by atoms with Gasteiger partial charge in [-0.1, -0.05) is 0 Å². The van der Waals surface area contributed by atoms with Gasteiger partial charge in [0.05, 0.1) is 6.20 Å². The fourth-order valence-electron chi connectivity index (χ4n) is 1.07. The molecule has 0 aliphatic rings. The highest BCUT2D eigenvalue weighted by Crippen LogP contribution is 1.88. The quantitative estimate of drug-likeness (QED) is 0.618. The first-order valence-electron chi connectivity index (χ1n) is 5.04. The van der Waals surface area contributed by atoms with Crippen LogP contribution in [0.4, 0.5) is 0 Å². The zero-order chi connectivity index (χ0) is 12.5. The summed E-state index contributed by atoms with van der Waals surface area (Å²) in [5, 5.41) is 5.18. The van der Waals surface area contributed by atoms with Crippen molar-refractivity contribution in [1.29, 1.82) is 0 Å². The molecule has 0 saturated heterocycles. The van der Waals surface area contributed by atoms with E-state index in [0.29, 0.717) is 13.1 Å². The Morgan fingerprint density at radius 2 is 2.06 bits per heavy atom. The molecular formula is C10H14N4O3. The number of hydrogen-bond acceptors (Lipinski definition) is 5. The van der Waals surface area contributed by atoms with Crippen molar-refractivity contribution in [3.8, 4) is 0 Å². The van der Waals surface area contributed by atoms with Gasteiger partial charge in [0, 0.05) is 32.6 Å². The molecule has 2 N–H and O–H groups in total. The summed E-state index contributed by atoms with van der Waals surface area (Å²) in [6.45, 7) is 0.678. The molecule has 2 amide bonds. The standard InChI is InChI=1S/C10H14N4O3/c1-17-7-9(15)13-4-5-14-10(16)8-6-11-2-3-12-8/h2-3,6H,4-5,7H2,1H3,(H,13,15)(H,14,16). The second-order valence-corrected chi connectivity index (χ2v) is 3.13. The Morgan fingerprint density at radius 3 is 2.71 bits per heavy atom. The molecular weight excluding hydrogens is 224 g/mol. The van der Waals surface area contributed by atoms with Crippen molar-refractivity contribution in [2.24, 2.45) is 0 Å². The van der Waals surface area contributed by atoms with Crippen LogP contribution in [-0.4, -0.2) is 48.6 Å². The summed E-state index contributed by atoms with van der Waals surface area (Å²) < 4.78 is 4.63. The Labute approximate surface area is 98.6 Å². The van der Waals surface area contributed by atoms with Gasteiger partial charge in [0.1, 0.15) is 12.3 Å². The molecule has 7 nitrogen and oxygen atoms in total. The largest absolute Gasteiger partial charge is 0.375 e. The highest BCUT2D eigenvalue weighted by Gasteiger charge is 2.05. The number of amides is 2. The minimum Gasteiger partial charge on any atom is -0.375 e. The zero-order valence-electron chi connectivity index (χ0n) is 9.47. The van der Waals surface area contributed by atoms with Crippen molar-refractivity contribution in [3.05, 3.63) is 24.3 Å². The predicted molar refractivity (Wildman–Crippen MR) is 59.3 cm³/mol. The van der Waals surface area contributed by atoms with Crippen molar-refractivity contribution in [2.45, 2.75) is 0 Å². The monoisotopic (exact) mass is 238 g/mol. The molecule has 17 heavy (non-hydrogen) atoms. The Kier molecular flexibility index (Phi) is 5.59. The highest BCUT2D eigenvalue weighted by molar-refractivity contribution is 5.91. The molecule has 7 heteroatoms. The smallest absolute Gasteiger partial charge is 0.271 e. The van der Waals surface area contributed by atoms with E-state index in [1.807, 2.05) is 0 Å². The van der Waals surface area contributed by atoms with Crippen LogP contribution in [0.15, 0.2) is 18.6 Å². The Balaban J connectivity index is 2.19. The van der Waals surface area contributed by atoms with Crippen molar-refractivity contribution in [3.63, 3.8) is 0 Å². The summed E-state index contributed by atoms with van der Waals surface area (Å²) in [5.74, 6) is -0.541. The van der Waals surface area contributed by atoms with Crippen LogP contribution in [0.25, 0.3) is 0 Å². The van der Waals surface area contributed by atoms with Gasteiger partial charge in [-0.3, -0.25) is 14.6 Å². The SMILES string of the molecule is COCC(=O)NCCNC(=O)c1cnccn1. The number of carbonyl (C=O) groups excluding carboxylic acids is 2. The number of hydrogen-bond donors (Lipinski definition) is 2. The second kappa shape index (κ2) is 7.29. The summed E-state index contributed by atoms with van der Waals surface area (Å²) in [6.07, 6.45) is 4.30. The molecule has 1 rings (SSSR count). The highest BCUT2D eigenvalue weighted by atomic mass is 16.5. The number of aromatic nitrogens is 2. The van der Waals surface area contributed by atoms with Gasteiger partial charge in [-0.2, -0.15) is 0 Å². The molecule has 1 heterocycles. The van der Waals surface area contributed by atoms with Crippen molar-refractivity contribution in [2.75, 3.05) is 26.8 Å². The average Bonchev–Trinajstić information content (AvgIpc) is 2.36. The third-order valence-corrected chi connectivity index (χ3v) is 1.80. The molecule has 0 bridgehead atoms. The van der Waals surface area contributed by atoms with E-state index in [1.54, 1.807) is 0 Å². The van der Waals surface area contributed by atoms with Gasteiger partial charge in [0.2, 0.25) is 5.91 Å². The van der Waals surface area contributed by atoms with Crippen LogP contribution in [0, 0.1) is 0 Å². The molecule has 0 aromatic carbocycles. The van der Waals surface area contributed by atoms with Gasteiger partial charge in [0.25, 0.3) is 5.91 Å². The molecule has 92 valence electrons. The first-order valence-corrected chi connectivity index (χ1v) is 5.04. The number of carbonyl (C=O) groups is 2. The number of nitrogens with zero attached hydrogens (tertiary/aromatic N) is 2. The maximum Gasteiger partial charge on any atom is 0.271 e. The van der Waals surface area contributed by atoms with Gasteiger partial charge >= 0.3 is 0 Å². The van der Waals surface area contributed by atoms with E-state index in [9.17, 15) is 9.59 Å². The predicted octanol–water partition coefficient (Wildman–Crippen LogP) is -1.03. The number of methoxy groups -OCH3 is 1. The van der Waals surface area contributed by atoms with Crippen molar-refractivity contribution in [1.82, 2.24) is 20.6 Å². The molecule has 1 aromatic rings. The molecule has 0 aliphatic carbocycles. The summed E-state index contributed by atoms with van der Waals surface area (Å²) in [6, 6.07) is 0. The minimum absolute atomic E-state index is 0.0120.